The van der Waals surface area contributed by atoms with E-state index >= 15 is 0 Å². The van der Waals surface area contributed by atoms with Crippen molar-refractivity contribution in [1.29, 1.82) is 0 Å². The number of para-hydroxylation sites is 1. The molecule has 2 aromatic carbocycles. The number of nitrogens with zero attached hydrogens (tertiary/aromatic N) is 3. The van der Waals surface area contributed by atoms with Crippen LogP contribution in [0.4, 0.5) is 10.8 Å². The van der Waals surface area contributed by atoms with Crippen molar-refractivity contribution in [2.45, 2.75) is 34.4 Å². The van der Waals surface area contributed by atoms with Crippen molar-refractivity contribution >= 4 is 51.6 Å². The predicted molar refractivity (Wildman–Crippen MR) is 123 cm³/mol. The number of thioether (sulfide) groups is 2. The Kier molecular flexibility index (Phi) is 6.74. The first-order chi connectivity index (χ1) is 14.2. The van der Waals surface area contributed by atoms with E-state index in [0.29, 0.717) is 17.5 Å². The van der Waals surface area contributed by atoms with Crippen LogP contribution in [0.3, 0.4) is 0 Å². The van der Waals surface area contributed by atoms with Crippen molar-refractivity contribution in [3.63, 3.8) is 0 Å². The van der Waals surface area contributed by atoms with Gasteiger partial charge in [-0.1, -0.05) is 72.5 Å². The van der Waals surface area contributed by atoms with E-state index < -0.39 is 0 Å². The van der Waals surface area contributed by atoms with Crippen molar-refractivity contribution < 1.29 is 4.79 Å². The molecule has 0 spiro atoms. The van der Waals surface area contributed by atoms with Crippen molar-refractivity contribution in [2.75, 3.05) is 22.5 Å². The highest BCUT2D eigenvalue weighted by atomic mass is 32.2. The molecule has 4 rings (SSSR count). The number of hydrogen-bond donors (Lipinski definition) is 1. The average Bonchev–Trinajstić information content (AvgIpc) is 3.13. The molecule has 8 heteroatoms. The van der Waals surface area contributed by atoms with Crippen LogP contribution in [0, 0.1) is 0 Å². The normalized spacial score (nSPS) is 16.2. The van der Waals surface area contributed by atoms with Crippen LogP contribution in [0.1, 0.15) is 18.9 Å². The lowest BCUT2D eigenvalue weighted by Gasteiger charge is -2.22. The Balaban J connectivity index is 1.35. The van der Waals surface area contributed by atoms with E-state index in [2.05, 4.69) is 40.6 Å². The summed E-state index contributed by atoms with van der Waals surface area (Å²) in [5.74, 6) is 0.479. The predicted octanol–water partition coefficient (Wildman–Crippen LogP) is 5.16. The molecule has 0 saturated heterocycles. The summed E-state index contributed by atoms with van der Waals surface area (Å²) in [5.41, 5.74) is 2.22. The Morgan fingerprint density at radius 1 is 1.17 bits per heavy atom. The van der Waals surface area contributed by atoms with Gasteiger partial charge in [0, 0.05) is 23.2 Å². The summed E-state index contributed by atoms with van der Waals surface area (Å²) < 4.78 is 0.805. The first kappa shape index (κ1) is 20.3. The van der Waals surface area contributed by atoms with Crippen LogP contribution in [0.2, 0.25) is 0 Å². The van der Waals surface area contributed by atoms with Gasteiger partial charge in [-0.05, 0) is 24.1 Å². The summed E-state index contributed by atoms with van der Waals surface area (Å²) in [5, 5.41) is 13.0. The minimum absolute atomic E-state index is 0.117. The summed E-state index contributed by atoms with van der Waals surface area (Å²) >= 11 is 4.79. The Labute approximate surface area is 183 Å². The molecule has 1 aliphatic heterocycles. The van der Waals surface area contributed by atoms with E-state index in [1.54, 1.807) is 0 Å². The molecule has 3 aromatic rings. The summed E-state index contributed by atoms with van der Waals surface area (Å²) in [6.45, 7) is 3.68. The first-order valence-electron chi connectivity index (χ1n) is 9.49. The molecule has 0 fully saturated rings. The molecule has 29 heavy (non-hydrogen) atoms. The second-order valence-electron chi connectivity index (χ2n) is 6.73. The highest BCUT2D eigenvalue weighted by Crippen LogP contribution is 2.37. The lowest BCUT2D eigenvalue weighted by Crippen LogP contribution is -2.33. The van der Waals surface area contributed by atoms with Crippen LogP contribution in [-0.4, -0.2) is 33.7 Å². The first-order valence-corrected chi connectivity index (χ1v) is 12.2. The molecule has 1 atom stereocenters. The molecule has 0 saturated carbocycles. The fourth-order valence-corrected chi connectivity index (χ4v) is 5.80. The average molecular weight is 443 g/mol. The van der Waals surface area contributed by atoms with Gasteiger partial charge in [0.05, 0.1) is 11.4 Å². The van der Waals surface area contributed by atoms with Crippen LogP contribution in [0.5, 0.6) is 0 Å². The van der Waals surface area contributed by atoms with Crippen molar-refractivity contribution in [3.05, 3.63) is 60.2 Å². The second-order valence-corrected chi connectivity index (χ2v) is 10.4. The van der Waals surface area contributed by atoms with Gasteiger partial charge in [-0.2, -0.15) is 0 Å². The van der Waals surface area contributed by atoms with Crippen LogP contribution in [0.25, 0.3) is 0 Å². The number of anilines is 2. The minimum atomic E-state index is 0.117. The lowest BCUT2D eigenvalue weighted by molar-refractivity contribution is -0.116. The fraction of sp³-hybridized carbons (Fsp3) is 0.286. The zero-order chi connectivity index (χ0) is 20.1. The Hall–Kier alpha value is -2.03. The third-order valence-electron chi connectivity index (χ3n) is 4.56. The largest absolute Gasteiger partial charge is 0.356 e. The van der Waals surface area contributed by atoms with Crippen LogP contribution in [0.15, 0.2) is 63.8 Å². The number of amides is 1. The van der Waals surface area contributed by atoms with E-state index in [0.717, 1.165) is 28.1 Å². The number of benzene rings is 2. The molecule has 2 heterocycles. The maximum Gasteiger partial charge on any atom is 0.237 e. The highest BCUT2D eigenvalue weighted by Gasteiger charge is 2.24. The van der Waals surface area contributed by atoms with Gasteiger partial charge in [0.2, 0.25) is 11.0 Å². The highest BCUT2D eigenvalue weighted by molar-refractivity contribution is 8.01. The summed E-state index contributed by atoms with van der Waals surface area (Å²) in [7, 11) is 0. The van der Waals surface area contributed by atoms with Gasteiger partial charge < -0.3 is 10.2 Å². The molecule has 1 aromatic heterocycles. The summed E-state index contributed by atoms with van der Waals surface area (Å²) in [6.07, 6.45) is 0.988. The zero-order valence-electron chi connectivity index (χ0n) is 16.1. The van der Waals surface area contributed by atoms with Gasteiger partial charge in [-0.3, -0.25) is 4.79 Å². The Morgan fingerprint density at radius 2 is 1.97 bits per heavy atom. The molecule has 5 nitrogen and oxygen atoms in total. The molecule has 0 unspecified atom stereocenters. The van der Waals surface area contributed by atoms with Crippen molar-refractivity contribution in [3.8, 4) is 0 Å². The van der Waals surface area contributed by atoms with Gasteiger partial charge in [0.15, 0.2) is 4.34 Å². The summed E-state index contributed by atoms with van der Waals surface area (Å²) in [4.78, 5) is 16.1. The number of nitrogens with one attached hydrogen (secondary N) is 1. The molecular weight excluding hydrogens is 420 g/mol. The van der Waals surface area contributed by atoms with Gasteiger partial charge in [-0.25, -0.2) is 0 Å². The number of carbonyl (C=O) groups excluding carboxylic acids is 1. The van der Waals surface area contributed by atoms with E-state index in [4.69, 9.17) is 0 Å². The fourth-order valence-electron chi connectivity index (χ4n) is 3.06. The number of rotatable bonds is 6. The SMILES string of the molecule is C[C@H]1CCN(C(=O)CSc2nnc(NCc3ccccc3)s2)c2ccccc2S1. The number of hydrogen-bond acceptors (Lipinski definition) is 7. The zero-order valence-corrected chi connectivity index (χ0v) is 18.5. The molecular formula is C21H22N4OS3. The molecule has 1 aliphatic rings. The third-order valence-corrected chi connectivity index (χ3v) is 7.79. The smallest absolute Gasteiger partial charge is 0.237 e. The van der Waals surface area contributed by atoms with Crippen LogP contribution in [-0.2, 0) is 11.3 Å². The monoisotopic (exact) mass is 442 g/mol. The van der Waals surface area contributed by atoms with E-state index in [-0.39, 0.29) is 5.91 Å². The summed E-state index contributed by atoms with van der Waals surface area (Å²) in [6, 6.07) is 18.4. The Morgan fingerprint density at radius 3 is 2.83 bits per heavy atom. The molecule has 1 amide bonds. The molecule has 150 valence electrons. The van der Waals surface area contributed by atoms with Gasteiger partial charge in [0.1, 0.15) is 0 Å². The van der Waals surface area contributed by atoms with Crippen molar-refractivity contribution in [2.24, 2.45) is 0 Å². The molecule has 0 radical (unpaired) electrons. The van der Waals surface area contributed by atoms with Gasteiger partial charge >= 0.3 is 0 Å². The number of fused-ring (bicyclic) bond motifs is 1. The molecule has 1 N–H and O–H groups in total. The third kappa shape index (κ3) is 5.32. The van der Waals surface area contributed by atoms with E-state index in [1.807, 2.05) is 53.1 Å². The Bertz CT molecular complexity index is 963. The van der Waals surface area contributed by atoms with E-state index in [9.17, 15) is 4.79 Å². The van der Waals surface area contributed by atoms with Gasteiger partial charge in [-0.15, -0.1) is 22.0 Å². The standard InChI is InChI=1S/C21H22N4OS3/c1-15-11-12-25(17-9-5-6-10-18(17)28-15)19(26)14-27-21-24-23-20(29-21)22-13-16-7-3-2-4-8-16/h2-10,15H,11-14H2,1H3,(H,22,23)/t15-/m0/s1. The topological polar surface area (TPSA) is 58.1 Å². The second kappa shape index (κ2) is 9.65. The maximum absolute atomic E-state index is 12.9. The minimum Gasteiger partial charge on any atom is -0.356 e. The lowest BCUT2D eigenvalue weighted by atomic mass is 10.2. The number of aromatic nitrogens is 2. The molecule has 0 bridgehead atoms. The van der Waals surface area contributed by atoms with Crippen LogP contribution >= 0.6 is 34.9 Å². The van der Waals surface area contributed by atoms with Crippen molar-refractivity contribution in [1.82, 2.24) is 10.2 Å². The molecule has 0 aliphatic carbocycles. The number of carbonyl (C=O) groups is 1. The van der Waals surface area contributed by atoms with Crippen LogP contribution < -0.4 is 10.2 Å². The van der Waals surface area contributed by atoms with Gasteiger partial charge in [0.25, 0.3) is 0 Å². The maximum atomic E-state index is 12.9. The quantitative estimate of drug-likeness (QED) is 0.532. The van der Waals surface area contributed by atoms with E-state index in [1.165, 1.54) is 33.6 Å².